The molecule has 0 spiro atoms. The van der Waals surface area contributed by atoms with Gasteiger partial charge in [0.2, 0.25) is 0 Å². The summed E-state index contributed by atoms with van der Waals surface area (Å²) in [5.74, 6) is -0.859. The number of aldehydes is 1. The molecule has 0 aromatic heterocycles. The lowest BCUT2D eigenvalue weighted by molar-refractivity contribution is 0.111. The lowest BCUT2D eigenvalue weighted by Gasteiger charge is -2.18. The van der Waals surface area contributed by atoms with Crippen LogP contribution in [-0.2, 0) is 0 Å². The van der Waals surface area contributed by atoms with Crippen LogP contribution in [-0.4, -0.2) is 30.2 Å². The number of halogens is 2. The van der Waals surface area contributed by atoms with Crippen LogP contribution < -0.4 is 0 Å². The highest BCUT2D eigenvalue weighted by Gasteiger charge is 2.10. The summed E-state index contributed by atoms with van der Waals surface area (Å²) in [5.41, 5.74) is -0.124. The first-order valence-electron chi connectivity index (χ1n) is 6.63. The fourth-order valence-corrected chi connectivity index (χ4v) is 1.97. The molecule has 0 saturated heterocycles. The summed E-state index contributed by atoms with van der Waals surface area (Å²) < 4.78 is 24.5. The normalized spacial score (nSPS) is 14.4. The second-order valence-corrected chi connectivity index (χ2v) is 4.47. The fourth-order valence-electron chi connectivity index (χ4n) is 1.97. The molecule has 1 aromatic carbocycles. The van der Waals surface area contributed by atoms with Crippen molar-refractivity contribution in [3.63, 3.8) is 0 Å². The van der Waals surface area contributed by atoms with Crippen LogP contribution >= 0.6 is 0 Å². The molecule has 0 bridgehead atoms. The van der Waals surface area contributed by atoms with Crippen LogP contribution in [0.5, 0.6) is 0 Å². The zero-order valence-electron chi connectivity index (χ0n) is 11.7. The van der Waals surface area contributed by atoms with Gasteiger partial charge in [0.15, 0.2) is 6.29 Å². The molecule has 1 saturated carbocycles. The van der Waals surface area contributed by atoms with Crippen LogP contribution in [0.25, 0.3) is 0 Å². The Morgan fingerprint density at radius 3 is 2.20 bits per heavy atom. The average molecular weight is 288 g/mol. The van der Waals surface area contributed by atoms with Gasteiger partial charge in [-0.3, -0.25) is 4.79 Å². The second-order valence-electron chi connectivity index (χ2n) is 4.47. The lowest BCUT2D eigenvalue weighted by atomic mass is 9.90. The van der Waals surface area contributed by atoms with Crippen molar-refractivity contribution < 1.29 is 23.8 Å². The van der Waals surface area contributed by atoms with Gasteiger partial charge in [0.25, 0.3) is 0 Å². The molecule has 0 aliphatic heterocycles. The van der Waals surface area contributed by atoms with Gasteiger partial charge < -0.3 is 10.2 Å². The van der Waals surface area contributed by atoms with Gasteiger partial charge in [-0.1, -0.05) is 19.3 Å². The average Bonchev–Trinajstić information content (AvgIpc) is 2.51. The molecule has 2 rings (SSSR count). The van der Waals surface area contributed by atoms with Crippen molar-refractivity contribution >= 4 is 6.29 Å². The van der Waals surface area contributed by atoms with Gasteiger partial charge in [-0.25, -0.2) is 8.78 Å². The molecule has 2 N–H and O–H groups in total. The minimum atomic E-state index is -0.824. The van der Waals surface area contributed by atoms with E-state index in [0.29, 0.717) is 24.9 Å². The molecule has 0 atom stereocenters. The van der Waals surface area contributed by atoms with Gasteiger partial charge in [0, 0.05) is 19.8 Å². The summed E-state index contributed by atoms with van der Waals surface area (Å²) in [4.78, 5) is 9.98. The quantitative estimate of drug-likeness (QED) is 0.823. The summed E-state index contributed by atoms with van der Waals surface area (Å²) in [5, 5.41) is 15.7. The largest absolute Gasteiger partial charge is 0.400 e. The number of carbonyl (C=O) groups excluding carboxylic acids is 1. The number of rotatable bonds is 2. The van der Waals surface area contributed by atoms with Gasteiger partial charge in [-0.2, -0.15) is 0 Å². The molecule has 0 unspecified atom stereocenters. The molecular weight excluding hydrogens is 266 g/mol. The Bertz CT molecular complexity index is 377. The fraction of sp³-hybridized carbons (Fsp3) is 0.533. The van der Waals surface area contributed by atoms with E-state index in [1.165, 1.54) is 32.1 Å². The summed E-state index contributed by atoms with van der Waals surface area (Å²) in [6.07, 6.45) is 6.93. The molecule has 1 aliphatic carbocycles. The highest BCUT2D eigenvalue weighted by atomic mass is 19.1. The molecular formula is C15H22F2O3. The van der Waals surface area contributed by atoms with Gasteiger partial charge in [-0.15, -0.1) is 0 Å². The summed E-state index contributed by atoms with van der Waals surface area (Å²) in [7, 11) is 1.00. The Morgan fingerprint density at radius 1 is 1.20 bits per heavy atom. The Labute approximate surface area is 118 Å². The SMILES string of the molecule is CO.O=Cc1ccc(F)cc1F.OCC1CCCCC1. The molecule has 1 aromatic rings. The Morgan fingerprint density at radius 2 is 1.80 bits per heavy atom. The molecule has 1 fully saturated rings. The first-order valence-corrected chi connectivity index (χ1v) is 6.63. The molecule has 0 amide bonds. The maximum absolute atomic E-state index is 12.4. The Hall–Kier alpha value is -1.33. The highest BCUT2D eigenvalue weighted by molar-refractivity contribution is 5.74. The van der Waals surface area contributed by atoms with E-state index in [-0.39, 0.29) is 5.56 Å². The van der Waals surface area contributed by atoms with Crippen molar-refractivity contribution in [1.82, 2.24) is 0 Å². The summed E-state index contributed by atoms with van der Waals surface area (Å²) in [6, 6.07) is 2.80. The smallest absolute Gasteiger partial charge is 0.152 e. The topological polar surface area (TPSA) is 57.5 Å². The second kappa shape index (κ2) is 11.5. The summed E-state index contributed by atoms with van der Waals surface area (Å²) >= 11 is 0. The molecule has 20 heavy (non-hydrogen) atoms. The molecule has 114 valence electrons. The Balaban J connectivity index is 0.000000327. The number of hydrogen-bond donors (Lipinski definition) is 2. The number of carbonyl (C=O) groups is 1. The molecule has 0 heterocycles. The van der Waals surface area contributed by atoms with Gasteiger partial charge >= 0.3 is 0 Å². The van der Waals surface area contributed by atoms with Crippen LogP contribution in [0, 0.1) is 17.6 Å². The van der Waals surface area contributed by atoms with Gasteiger partial charge in [0.05, 0.1) is 5.56 Å². The van der Waals surface area contributed by atoms with Crippen LogP contribution in [0.3, 0.4) is 0 Å². The lowest BCUT2D eigenvalue weighted by Crippen LogP contribution is -2.09. The number of benzene rings is 1. The number of aliphatic hydroxyl groups is 2. The maximum atomic E-state index is 12.4. The molecule has 3 nitrogen and oxygen atoms in total. The van der Waals surface area contributed by atoms with Gasteiger partial charge in [0.1, 0.15) is 11.6 Å². The van der Waals surface area contributed by atoms with E-state index in [1.807, 2.05) is 0 Å². The van der Waals surface area contributed by atoms with Crippen LogP contribution in [0.1, 0.15) is 42.5 Å². The third-order valence-corrected chi connectivity index (χ3v) is 3.07. The van der Waals surface area contributed by atoms with Crippen molar-refractivity contribution in [2.24, 2.45) is 5.92 Å². The van der Waals surface area contributed by atoms with Crippen molar-refractivity contribution in [2.45, 2.75) is 32.1 Å². The van der Waals surface area contributed by atoms with E-state index in [2.05, 4.69) is 0 Å². The minimum absolute atomic E-state index is 0.124. The third-order valence-electron chi connectivity index (χ3n) is 3.07. The van der Waals surface area contributed by atoms with Crippen molar-refractivity contribution in [1.29, 1.82) is 0 Å². The van der Waals surface area contributed by atoms with E-state index in [9.17, 15) is 13.6 Å². The zero-order valence-corrected chi connectivity index (χ0v) is 11.7. The predicted molar refractivity (Wildman–Crippen MR) is 73.5 cm³/mol. The van der Waals surface area contributed by atoms with E-state index >= 15 is 0 Å². The first kappa shape index (κ1) is 18.7. The molecule has 1 aliphatic rings. The number of aliphatic hydroxyl groups excluding tert-OH is 2. The van der Waals surface area contributed by atoms with Crippen molar-refractivity contribution in [3.05, 3.63) is 35.4 Å². The van der Waals surface area contributed by atoms with E-state index in [0.717, 1.165) is 19.2 Å². The van der Waals surface area contributed by atoms with Crippen LogP contribution in [0.15, 0.2) is 18.2 Å². The van der Waals surface area contributed by atoms with Gasteiger partial charge in [-0.05, 0) is 30.9 Å². The van der Waals surface area contributed by atoms with Crippen LogP contribution in [0.2, 0.25) is 0 Å². The van der Waals surface area contributed by atoms with E-state index in [1.54, 1.807) is 0 Å². The molecule has 5 heteroatoms. The predicted octanol–water partition coefficient (Wildman–Crippen LogP) is 2.94. The first-order chi connectivity index (χ1) is 9.67. The number of hydrogen-bond acceptors (Lipinski definition) is 3. The zero-order chi connectivity index (χ0) is 15.4. The molecule has 0 radical (unpaired) electrons. The standard InChI is InChI=1S/C7H4F2O.C7H14O.CH4O/c8-6-2-1-5(4-10)7(9)3-6;8-6-7-4-2-1-3-5-7;1-2/h1-4H;7-8H,1-6H2;2H,1H3. The summed E-state index contributed by atoms with van der Waals surface area (Å²) in [6.45, 7) is 0.417. The third kappa shape index (κ3) is 7.31. The minimum Gasteiger partial charge on any atom is -0.400 e. The Kier molecular flexibility index (Phi) is 10.7. The maximum Gasteiger partial charge on any atom is 0.152 e. The van der Waals surface area contributed by atoms with E-state index in [4.69, 9.17) is 10.2 Å². The van der Waals surface area contributed by atoms with Crippen molar-refractivity contribution in [3.8, 4) is 0 Å². The van der Waals surface area contributed by atoms with Crippen LogP contribution in [0.4, 0.5) is 8.78 Å². The highest BCUT2D eigenvalue weighted by Crippen LogP contribution is 2.22. The van der Waals surface area contributed by atoms with Crippen molar-refractivity contribution in [2.75, 3.05) is 13.7 Å². The van der Waals surface area contributed by atoms with E-state index < -0.39 is 11.6 Å². The monoisotopic (exact) mass is 288 g/mol.